The zero-order valence-corrected chi connectivity index (χ0v) is 13.5. The molecule has 2 aromatic carbocycles. The van der Waals surface area contributed by atoms with Gasteiger partial charge in [-0.3, -0.25) is 4.79 Å². The number of nitrogens with one attached hydrogen (secondary N) is 3. The van der Waals surface area contributed by atoms with Crippen LogP contribution in [0.4, 0.5) is 5.69 Å². The molecule has 4 nitrogen and oxygen atoms in total. The molecule has 1 aliphatic heterocycles. The number of benzene rings is 2. The highest BCUT2D eigenvalue weighted by Crippen LogP contribution is 2.24. The van der Waals surface area contributed by atoms with Crippen LogP contribution in [-0.2, 0) is 4.79 Å². The quantitative estimate of drug-likeness (QED) is 0.759. The molecular formula is C18H17N3OS. The van der Waals surface area contributed by atoms with Gasteiger partial charge in [-0.25, -0.2) is 0 Å². The summed E-state index contributed by atoms with van der Waals surface area (Å²) in [6.07, 6.45) is 2.11. The highest BCUT2D eigenvalue weighted by Gasteiger charge is 2.18. The summed E-state index contributed by atoms with van der Waals surface area (Å²) < 4.78 is 0. The molecular weight excluding hydrogens is 306 g/mol. The summed E-state index contributed by atoms with van der Waals surface area (Å²) in [5.74, 6) is -0.0785. The molecule has 1 atom stereocenters. The lowest BCUT2D eigenvalue weighted by Gasteiger charge is -2.26. The van der Waals surface area contributed by atoms with Gasteiger partial charge in [0.25, 0.3) is 0 Å². The van der Waals surface area contributed by atoms with Gasteiger partial charge in [0.05, 0.1) is 6.04 Å². The average Bonchev–Trinajstić information content (AvgIpc) is 2.55. The molecule has 1 heterocycles. The van der Waals surface area contributed by atoms with Crippen molar-refractivity contribution in [2.75, 3.05) is 5.32 Å². The zero-order valence-electron chi connectivity index (χ0n) is 12.7. The molecule has 0 aliphatic carbocycles. The second-order valence-electron chi connectivity index (χ2n) is 5.33. The lowest BCUT2D eigenvalue weighted by molar-refractivity contribution is -0.114. The predicted octanol–water partition coefficient (Wildman–Crippen LogP) is 3.20. The van der Waals surface area contributed by atoms with E-state index in [2.05, 4.69) is 22.0 Å². The van der Waals surface area contributed by atoms with Crippen LogP contribution in [0.5, 0.6) is 0 Å². The van der Waals surface area contributed by atoms with Crippen molar-refractivity contribution in [1.29, 1.82) is 0 Å². The predicted molar refractivity (Wildman–Crippen MR) is 96.8 cm³/mol. The number of anilines is 1. The molecule has 5 heteroatoms. The highest BCUT2D eigenvalue weighted by molar-refractivity contribution is 7.80. The minimum Gasteiger partial charge on any atom is -0.352 e. The molecule has 0 fully saturated rings. The van der Waals surface area contributed by atoms with Crippen LogP contribution >= 0.6 is 12.2 Å². The number of carbonyl (C=O) groups is 1. The van der Waals surface area contributed by atoms with Gasteiger partial charge in [0.1, 0.15) is 0 Å². The number of carbonyl (C=O) groups excluding carboxylic acids is 1. The van der Waals surface area contributed by atoms with Gasteiger partial charge in [0, 0.05) is 18.3 Å². The first-order valence-corrected chi connectivity index (χ1v) is 7.75. The summed E-state index contributed by atoms with van der Waals surface area (Å²) in [6.45, 7) is 1.50. The van der Waals surface area contributed by atoms with Crippen molar-refractivity contribution in [3.63, 3.8) is 0 Å². The maximum absolute atomic E-state index is 11.1. The van der Waals surface area contributed by atoms with E-state index in [0.717, 1.165) is 22.5 Å². The van der Waals surface area contributed by atoms with E-state index in [9.17, 15) is 4.79 Å². The second kappa shape index (κ2) is 6.62. The Labute approximate surface area is 140 Å². The van der Waals surface area contributed by atoms with Crippen molar-refractivity contribution in [1.82, 2.24) is 10.6 Å². The monoisotopic (exact) mass is 323 g/mol. The lowest BCUT2D eigenvalue weighted by Crippen LogP contribution is -2.40. The van der Waals surface area contributed by atoms with Crippen molar-refractivity contribution in [3.8, 4) is 0 Å². The normalized spacial score (nSPS) is 16.8. The van der Waals surface area contributed by atoms with Gasteiger partial charge in [-0.2, -0.15) is 0 Å². The fraction of sp³-hybridized carbons (Fsp3) is 0.111. The summed E-state index contributed by atoms with van der Waals surface area (Å²) in [7, 11) is 0. The summed E-state index contributed by atoms with van der Waals surface area (Å²) in [6, 6.07) is 17.8. The smallest absolute Gasteiger partial charge is 0.221 e. The van der Waals surface area contributed by atoms with Gasteiger partial charge in [-0.05, 0) is 41.6 Å². The molecule has 2 aromatic rings. The van der Waals surface area contributed by atoms with Crippen LogP contribution in [0.25, 0.3) is 5.70 Å². The third-order valence-corrected chi connectivity index (χ3v) is 3.76. The van der Waals surface area contributed by atoms with Crippen molar-refractivity contribution < 1.29 is 4.79 Å². The van der Waals surface area contributed by atoms with E-state index >= 15 is 0 Å². The number of amides is 1. The summed E-state index contributed by atoms with van der Waals surface area (Å²) >= 11 is 5.32. The van der Waals surface area contributed by atoms with Crippen LogP contribution in [0.2, 0.25) is 0 Å². The summed E-state index contributed by atoms with van der Waals surface area (Å²) in [5, 5.41) is 9.81. The summed E-state index contributed by atoms with van der Waals surface area (Å²) in [4.78, 5) is 11.1. The Bertz CT molecular complexity index is 754. The molecule has 1 aliphatic rings. The number of thiocarbonyl (C=S) groups is 1. The SMILES string of the molecule is CC(=O)Nc1ccc(C2C=C(c3ccccc3)NC(=S)N2)cc1. The number of rotatable bonds is 3. The zero-order chi connectivity index (χ0) is 16.2. The van der Waals surface area contributed by atoms with E-state index in [-0.39, 0.29) is 11.9 Å². The Balaban J connectivity index is 1.86. The first kappa shape index (κ1) is 15.2. The fourth-order valence-electron chi connectivity index (χ4n) is 2.49. The van der Waals surface area contributed by atoms with Crippen molar-refractivity contribution in [2.45, 2.75) is 13.0 Å². The first-order chi connectivity index (χ1) is 11.1. The van der Waals surface area contributed by atoms with E-state index in [1.165, 1.54) is 6.92 Å². The first-order valence-electron chi connectivity index (χ1n) is 7.34. The van der Waals surface area contributed by atoms with Crippen LogP contribution in [0, 0.1) is 0 Å². The van der Waals surface area contributed by atoms with Gasteiger partial charge in [-0.1, -0.05) is 42.5 Å². The van der Waals surface area contributed by atoms with E-state index in [1.54, 1.807) is 0 Å². The minimum atomic E-state index is -0.0785. The molecule has 1 amide bonds. The second-order valence-corrected chi connectivity index (χ2v) is 5.73. The van der Waals surface area contributed by atoms with E-state index in [1.807, 2.05) is 54.6 Å². The molecule has 3 N–H and O–H groups in total. The van der Waals surface area contributed by atoms with Crippen LogP contribution < -0.4 is 16.0 Å². The molecule has 0 saturated heterocycles. The van der Waals surface area contributed by atoms with Gasteiger partial charge < -0.3 is 16.0 Å². The highest BCUT2D eigenvalue weighted by atomic mass is 32.1. The van der Waals surface area contributed by atoms with Crippen LogP contribution in [-0.4, -0.2) is 11.0 Å². The molecule has 0 bridgehead atoms. The minimum absolute atomic E-state index is 0.00895. The fourth-order valence-corrected chi connectivity index (χ4v) is 2.73. The topological polar surface area (TPSA) is 53.2 Å². The molecule has 0 spiro atoms. The van der Waals surface area contributed by atoms with Crippen LogP contribution in [0.3, 0.4) is 0 Å². The van der Waals surface area contributed by atoms with Crippen molar-refractivity contribution >= 4 is 34.6 Å². The maximum Gasteiger partial charge on any atom is 0.221 e. The summed E-state index contributed by atoms with van der Waals surface area (Å²) in [5.41, 5.74) is 3.95. The van der Waals surface area contributed by atoms with Gasteiger partial charge in [0.2, 0.25) is 5.91 Å². The van der Waals surface area contributed by atoms with Crippen molar-refractivity contribution in [2.24, 2.45) is 0 Å². The van der Waals surface area contributed by atoms with Crippen molar-refractivity contribution in [3.05, 3.63) is 71.8 Å². The van der Waals surface area contributed by atoms with Gasteiger partial charge in [0.15, 0.2) is 5.11 Å². The lowest BCUT2D eigenvalue weighted by atomic mass is 10.0. The third-order valence-electron chi connectivity index (χ3n) is 3.54. The maximum atomic E-state index is 11.1. The molecule has 23 heavy (non-hydrogen) atoms. The Kier molecular flexibility index (Phi) is 4.39. The molecule has 116 valence electrons. The average molecular weight is 323 g/mol. The van der Waals surface area contributed by atoms with Gasteiger partial charge >= 0.3 is 0 Å². The Morgan fingerprint density at radius 2 is 1.78 bits per heavy atom. The molecule has 0 radical (unpaired) electrons. The molecule has 0 saturated carbocycles. The van der Waals surface area contributed by atoms with E-state index in [0.29, 0.717) is 5.11 Å². The van der Waals surface area contributed by atoms with Crippen LogP contribution in [0.15, 0.2) is 60.7 Å². The largest absolute Gasteiger partial charge is 0.352 e. The number of hydrogen-bond acceptors (Lipinski definition) is 2. The van der Waals surface area contributed by atoms with E-state index < -0.39 is 0 Å². The molecule has 1 unspecified atom stereocenters. The van der Waals surface area contributed by atoms with E-state index in [4.69, 9.17) is 12.2 Å². The Morgan fingerprint density at radius 3 is 2.43 bits per heavy atom. The Morgan fingerprint density at radius 1 is 1.09 bits per heavy atom. The molecule has 0 aromatic heterocycles. The van der Waals surface area contributed by atoms with Crippen LogP contribution in [0.1, 0.15) is 24.1 Å². The third kappa shape index (κ3) is 3.76. The molecule has 3 rings (SSSR count). The Hall–Kier alpha value is -2.66. The standard InChI is InChI=1S/C18H17N3OS/c1-12(22)19-15-9-7-14(8-10-15)17-11-16(20-18(23)21-17)13-5-3-2-4-6-13/h2-11,17H,1H3,(H,19,22)(H2,20,21,23). The number of hydrogen-bond donors (Lipinski definition) is 3. The van der Waals surface area contributed by atoms with Gasteiger partial charge in [-0.15, -0.1) is 0 Å².